The maximum atomic E-state index is 3.87. The van der Waals surface area contributed by atoms with Crippen molar-refractivity contribution in [1.82, 2.24) is 5.32 Å². The first kappa shape index (κ1) is 22.9. The predicted octanol–water partition coefficient (Wildman–Crippen LogP) is 5.64. The summed E-state index contributed by atoms with van der Waals surface area (Å²) < 4.78 is 0. The van der Waals surface area contributed by atoms with Crippen molar-refractivity contribution in [3.63, 3.8) is 0 Å². The van der Waals surface area contributed by atoms with Crippen LogP contribution in [0.1, 0.15) is 60.8 Å². The minimum atomic E-state index is 0.540. The van der Waals surface area contributed by atoms with Gasteiger partial charge in [-0.05, 0) is 43.0 Å². The quantitative estimate of drug-likeness (QED) is 0.714. The standard InChI is InChI=1S/C10H17NS.3C2H6/c1-4-8-9(11-2)6-5-7-10(8)12-3;3*1-2/h4,9,11H,1,5-7H2,2-3H3;3*1-2H3. The van der Waals surface area contributed by atoms with Gasteiger partial charge in [0.15, 0.2) is 0 Å². The summed E-state index contributed by atoms with van der Waals surface area (Å²) in [5.41, 5.74) is 1.41. The maximum absolute atomic E-state index is 3.87. The Balaban J connectivity index is -0.000000328. The average molecular weight is 274 g/mol. The van der Waals surface area contributed by atoms with Gasteiger partial charge in [0.25, 0.3) is 0 Å². The van der Waals surface area contributed by atoms with Crippen molar-refractivity contribution in [3.8, 4) is 0 Å². The zero-order valence-electron chi connectivity index (χ0n) is 13.9. The van der Waals surface area contributed by atoms with Crippen LogP contribution in [0.4, 0.5) is 0 Å². The molecular weight excluding hydrogens is 238 g/mol. The lowest BCUT2D eigenvalue weighted by Crippen LogP contribution is -2.29. The van der Waals surface area contributed by atoms with Gasteiger partial charge in [0.05, 0.1) is 0 Å². The summed E-state index contributed by atoms with van der Waals surface area (Å²) in [6.45, 7) is 15.9. The Hall–Kier alpha value is -0.210. The molecule has 0 spiro atoms. The fourth-order valence-electron chi connectivity index (χ4n) is 1.74. The molecule has 0 amide bonds. The molecule has 0 radical (unpaired) electrons. The van der Waals surface area contributed by atoms with Gasteiger partial charge in [0.1, 0.15) is 0 Å². The third-order valence-electron chi connectivity index (χ3n) is 2.41. The molecular formula is C16H35NS. The fourth-order valence-corrected chi connectivity index (χ4v) is 2.55. The monoisotopic (exact) mass is 273 g/mol. The number of thioether (sulfide) groups is 1. The van der Waals surface area contributed by atoms with Crippen molar-refractivity contribution in [1.29, 1.82) is 0 Å². The second kappa shape index (κ2) is 19.1. The van der Waals surface area contributed by atoms with Crippen molar-refractivity contribution < 1.29 is 0 Å². The lowest BCUT2D eigenvalue weighted by atomic mass is 9.94. The smallest absolute Gasteiger partial charge is 0.0325 e. The van der Waals surface area contributed by atoms with Gasteiger partial charge < -0.3 is 5.32 Å². The molecule has 0 fully saturated rings. The molecule has 1 atom stereocenters. The second-order valence-electron chi connectivity index (χ2n) is 3.02. The number of rotatable bonds is 3. The molecule has 0 aromatic rings. The second-order valence-corrected chi connectivity index (χ2v) is 3.92. The molecule has 0 heterocycles. The largest absolute Gasteiger partial charge is 0.313 e. The normalized spacial score (nSPS) is 17.2. The van der Waals surface area contributed by atoms with Crippen LogP contribution in [0.5, 0.6) is 0 Å². The molecule has 1 N–H and O–H groups in total. The van der Waals surface area contributed by atoms with E-state index in [1.807, 2.05) is 66.4 Å². The fraction of sp³-hybridized carbons (Fsp3) is 0.750. The molecule has 2 heteroatoms. The predicted molar refractivity (Wildman–Crippen MR) is 91.5 cm³/mol. The molecule has 0 aliphatic heterocycles. The Labute approximate surface area is 121 Å². The first-order valence-corrected chi connectivity index (χ1v) is 8.62. The highest BCUT2D eigenvalue weighted by Gasteiger charge is 2.18. The molecule has 1 unspecified atom stereocenters. The lowest BCUT2D eigenvalue weighted by Gasteiger charge is -2.25. The van der Waals surface area contributed by atoms with Crippen molar-refractivity contribution in [2.75, 3.05) is 13.3 Å². The van der Waals surface area contributed by atoms with E-state index in [-0.39, 0.29) is 0 Å². The minimum absolute atomic E-state index is 0.540. The molecule has 0 saturated carbocycles. The number of allylic oxidation sites excluding steroid dienone is 1. The van der Waals surface area contributed by atoms with Crippen LogP contribution < -0.4 is 5.32 Å². The Bertz CT molecular complexity index is 197. The summed E-state index contributed by atoms with van der Waals surface area (Å²) in [5, 5.41) is 3.33. The van der Waals surface area contributed by atoms with Crippen LogP contribution in [0.25, 0.3) is 0 Å². The van der Waals surface area contributed by atoms with Crippen LogP contribution in [-0.4, -0.2) is 19.3 Å². The van der Waals surface area contributed by atoms with Gasteiger partial charge in [-0.1, -0.05) is 54.2 Å². The molecule has 1 nitrogen and oxygen atoms in total. The molecule has 1 rings (SSSR count). The van der Waals surface area contributed by atoms with Crippen LogP contribution in [0, 0.1) is 0 Å². The summed E-state index contributed by atoms with van der Waals surface area (Å²) in [6, 6.07) is 0.540. The van der Waals surface area contributed by atoms with E-state index in [1.54, 1.807) is 0 Å². The van der Waals surface area contributed by atoms with E-state index in [2.05, 4.69) is 18.2 Å². The summed E-state index contributed by atoms with van der Waals surface area (Å²) >= 11 is 1.87. The molecule has 1 aliphatic rings. The lowest BCUT2D eigenvalue weighted by molar-refractivity contribution is 0.546. The van der Waals surface area contributed by atoms with E-state index in [0.717, 1.165) is 0 Å². The summed E-state index contributed by atoms with van der Waals surface area (Å²) in [4.78, 5) is 1.51. The van der Waals surface area contributed by atoms with Crippen LogP contribution in [-0.2, 0) is 0 Å². The molecule has 110 valence electrons. The molecule has 0 saturated heterocycles. The van der Waals surface area contributed by atoms with E-state index in [1.165, 1.54) is 29.7 Å². The molecule has 18 heavy (non-hydrogen) atoms. The highest BCUT2D eigenvalue weighted by molar-refractivity contribution is 8.02. The van der Waals surface area contributed by atoms with Crippen LogP contribution >= 0.6 is 11.8 Å². The third-order valence-corrected chi connectivity index (χ3v) is 3.34. The van der Waals surface area contributed by atoms with E-state index in [0.29, 0.717) is 6.04 Å². The molecule has 1 aliphatic carbocycles. The van der Waals surface area contributed by atoms with E-state index >= 15 is 0 Å². The van der Waals surface area contributed by atoms with Crippen LogP contribution in [0.15, 0.2) is 23.1 Å². The van der Waals surface area contributed by atoms with E-state index in [9.17, 15) is 0 Å². The summed E-state index contributed by atoms with van der Waals surface area (Å²) in [5.74, 6) is 0. The third kappa shape index (κ3) is 8.82. The molecule has 0 aromatic carbocycles. The Kier molecular flexibility index (Phi) is 24.4. The summed E-state index contributed by atoms with van der Waals surface area (Å²) in [6.07, 6.45) is 7.95. The van der Waals surface area contributed by atoms with Crippen LogP contribution in [0.3, 0.4) is 0 Å². The number of hydrogen-bond acceptors (Lipinski definition) is 2. The Morgan fingerprint density at radius 3 is 2.00 bits per heavy atom. The number of hydrogen-bond donors (Lipinski definition) is 1. The SMILES string of the molecule is C=CC1=C(SC)CCCC1NC.CC.CC.CC. The Morgan fingerprint density at radius 1 is 1.17 bits per heavy atom. The first-order chi connectivity index (χ1) is 8.83. The van der Waals surface area contributed by atoms with Gasteiger partial charge in [-0.15, -0.1) is 11.8 Å². The van der Waals surface area contributed by atoms with Gasteiger partial charge >= 0.3 is 0 Å². The highest BCUT2D eigenvalue weighted by Crippen LogP contribution is 2.31. The zero-order chi connectivity index (χ0) is 15.0. The highest BCUT2D eigenvalue weighted by atomic mass is 32.2. The maximum Gasteiger partial charge on any atom is 0.0325 e. The van der Waals surface area contributed by atoms with Crippen molar-refractivity contribution >= 4 is 11.8 Å². The van der Waals surface area contributed by atoms with Crippen LogP contribution in [0.2, 0.25) is 0 Å². The minimum Gasteiger partial charge on any atom is -0.313 e. The summed E-state index contributed by atoms with van der Waals surface area (Å²) in [7, 11) is 2.03. The number of nitrogens with one attached hydrogen (secondary N) is 1. The molecule has 0 bridgehead atoms. The van der Waals surface area contributed by atoms with Crippen molar-refractivity contribution in [2.45, 2.75) is 66.8 Å². The zero-order valence-corrected chi connectivity index (χ0v) is 14.7. The van der Waals surface area contributed by atoms with Gasteiger partial charge in [0, 0.05) is 6.04 Å². The van der Waals surface area contributed by atoms with Crippen molar-refractivity contribution in [3.05, 3.63) is 23.1 Å². The van der Waals surface area contributed by atoms with Gasteiger partial charge in [-0.2, -0.15) is 0 Å². The average Bonchev–Trinajstić information content (AvgIpc) is 2.52. The molecule has 0 aromatic heterocycles. The van der Waals surface area contributed by atoms with E-state index in [4.69, 9.17) is 0 Å². The van der Waals surface area contributed by atoms with Crippen molar-refractivity contribution in [2.24, 2.45) is 0 Å². The van der Waals surface area contributed by atoms with E-state index < -0.39 is 0 Å². The van der Waals surface area contributed by atoms with Gasteiger partial charge in [0.2, 0.25) is 0 Å². The Morgan fingerprint density at radius 2 is 1.67 bits per heavy atom. The topological polar surface area (TPSA) is 12.0 Å². The van der Waals surface area contributed by atoms with Gasteiger partial charge in [-0.3, -0.25) is 0 Å². The van der Waals surface area contributed by atoms with Gasteiger partial charge in [-0.25, -0.2) is 0 Å². The first-order valence-electron chi connectivity index (χ1n) is 7.40. The number of likely N-dealkylation sites (N-methyl/N-ethyl adjacent to an activating group) is 1.